The first kappa shape index (κ1) is 8.69. The van der Waals surface area contributed by atoms with Gasteiger partial charge in [-0.25, -0.2) is 0 Å². The molecule has 0 aliphatic carbocycles. The van der Waals surface area contributed by atoms with Crippen molar-refractivity contribution in [2.45, 2.75) is 0 Å². The van der Waals surface area contributed by atoms with Gasteiger partial charge in [-0.15, -0.1) is 0 Å². The third-order valence-corrected chi connectivity index (χ3v) is 1.90. The van der Waals surface area contributed by atoms with E-state index >= 15 is 0 Å². The average Bonchev–Trinajstić information content (AvgIpc) is 2.65. The molecule has 14 heavy (non-hydrogen) atoms. The first-order valence-electron chi connectivity index (χ1n) is 4.12. The summed E-state index contributed by atoms with van der Waals surface area (Å²) >= 11 is 0. The van der Waals surface area contributed by atoms with Crippen molar-refractivity contribution in [2.24, 2.45) is 0 Å². The molecule has 2 nitrogen and oxygen atoms in total. The van der Waals surface area contributed by atoms with Crippen LogP contribution >= 0.6 is 0 Å². The summed E-state index contributed by atoms with van der Waals surface area (Å²) in [5, 5.41) is 0. The molecule has 0 amide bonds. The zero-order chi connectivity index (χ0) is 9.97. The molecule has 0 aliphatic rings. The number of furan rings is 1. The van der Waals surface area contributed by atoms with E-state index in [9.17, 15) is 9.18 Å². The van der Waals surface area contributed by atoms with Gasteiger partial charge < -0.3 is 4.42 Å². The predicted octanol–water partition coefficient (Wildman–Crippen LogP) is 2.65. The summed E-state index contributed by atoms with van der Waals surface area (Å²) in [5.74, 6) is -0.364. The maximum Gasteiger partial charge on any atom is 0.289 e. The van der Waals surface area contributed by atoms with Crippen LogP contribution in [-0.4, -0.2) is 5.78 Å². The third kappa shape index (κ3) is 1.44. The Hall–Kier alpha value is -1.90. The molecule has 3 heteroatoms. The summed E-state index contributed by atoms with van der Waals surface area (Å²) in [6.07, 6.45) is 1.16. The highest BCUT2D eigenvalue weighted by atomic mass is 19.1. The largest absolute Gasteiger partial charge is 0.439 e. The van der Waals surface area contributed by atoms with Crippen molar-refractivity contribution in [3.05, 3.63) is 59.8 Å². The van der Waals surface area contributed by atoms with Gasteiger partial charge in [-0.2, -0.15) is 4.39 Å². The van der Waals surface area contributed by atoms with E-state index in [1.54, 1.807) is 30.3 Å². The van der Waals surface area contributed by atoms with Gasteiger partial charge in [0.1, 0.15) is 0 Å². The zero-order valence-electron chi connectivity index (χ0n) is 7.24. The van der Waals surface area contributed by atoms with E-state index in [2.05, 4.69) is 4.42 Å². The van der Waals surface area contributed by atoms with E-state index in [-0.39, 0.29) is 11.3 Å². The SMILES string of the molecule is O=C(c1ccccc1)c1ccoc1F. The van der Waals surface area contributed by atoms with Gasteiger partial charge >= 0.3 is 0 Å². The molecule has 70 valence electrons. The van der Waals surface area contributed by atoms with Crippen LogP contribution in [0, 0.1) is 6.01 Å². The predicted molar refractivity (Wildman–Crippen MR) is 48.5 cm³/mol. The average molecular weight is 190 g/mol. The second-order valence-corrected chi connectivity index (χ2v) is 2.80. The molecule has 2 aromatic rings. The maximum absolute atomic E-state index is 12.9. The molecule has 0 aliphatic heterocycles. The highest BCUT2D eigenvalue weighted by Crippen LogP contribution is 2.13. The molecule has 1 aromatic carbocycles. The molecule has 2 rings (SSSR count). The molecular weight excluding hydrogens is 183 g/mol. The van der Waals surface area contributed by atoms with Crippen LogP contribution < -0.4 is 0 Å². The smallest absolute Gasteiger partial charge is 0.289 e. The highest BCUT2D eigenvalue weighted by molar-refractivity contribution is 6.08. The Bertz CT molecular complexity index is 445. The van der Waals surface area contributed by atoms with Crippen molar-refractivity contribution >= 4 is 5.78 Å². The summed E-state index contributed by atoms with van der Waals surface area (Å²) in [7, 11) is 0. The van der Waals surface area contributed by atoms with E-state index in [0.29, 0.717) is 5.56 Å². The number of carbonyl (C=O) groups excluding carboxylic acids is 1. The number of hydrogen-bond acceptors (Lipinski definition) is 2. The van der Waals surface area contributed by atoms with E-state index in [1.165, 1.54) is 6.07 Å². The number of halogens is 1. The lowest BCUT2D eigenvalue weighted by Crippen LogP contribution is -2.01. The van der Waals surface area contributed by atoms with Gasteiger partial charge in [-0.1, -0.05) is 30.3 Å². The zero-order valence-corrected chi connectivity index (χ0v) is 7.24. The topological polar surface area (TPSA) is 30.2 Å². The van der Waals surface area contributed by atoms with Crippen molar-refractivity contribution < 1.29 is 13.6 Å². The van der Waals surface area contributed by atoms with Crippen LogP contribution in [-0.2, 0) is 0 Å². The molecule has 0 saturated heterocycles. The van der Waals surface area contributed by atoms with E-state index in [1.807, 2.05) is 0 Å². The van der Waals surface area contributed by atoms with Crippen molar-refractivity contribution in [1.82, 2.24) is 0 Å². The minimum atomic E-state index is -0.834. The van der Waals surface area contributed by atoms with Gasteiger partial charge in [0.15, 0.2) is 5.78 Å². The number of ketones is 1. The molecule has 0 N–H and O–H groups in total. The summed E-state index contributed by atoms with van der Waals surface area (Å²) in [4.78, 5) is 11.6. The lowest BCUT2D eigenvalue weighted by Gasteiger charge is -1.96. The van der Waals surface area contributed by atoms with Crippen LogP contribution in [0.1, 0.15) is 15.9 Å². The second kappa shape index (κ2) is 3.46. The van der Waals surface area contributed by atoms with Crippen LogP contribution in [0.3, 0.4) is 0 Å². The summed E-state index contributed by atoms with van der Waals surface area (Å²) < 4.78 is 17.3. The standard InChI is InChI=1S/C11H7FO2/c12-11-9(6-7-14-11)10(13)8-4-2-1-3-5-8/h1-7H. The van der Waals surface area contributed by atoms with Gasteiger partial charge in [0, 0.05) is 5.56 Å². The maximum atomic E-state index is 12.9. The monoisotopic (exact) mass is 190 g/mol. The molecule has 0 atom stereocenters. The molecule has 0 saturated carbocycles. The molecular formula is C11H7FO2. The highest BCUT2D eigenvalue weighted by Gasteiger charge is 2.15. The minimum absolute atomic E-state index is 0.0313. The van der Waals surface area contributed by atoms with Crippen molar-refractivity contribution in [2.75, 3.05) is 0 Å². The van der Waals surface area contributed by atoms with Gasteiger partial charge in [0.2, 0.25) is 0 Å². The first-order valence-corrected chi connectivity index (χ1v) is 4.12. The molecule has 0 unspecified atom stereocenters. The van der Waals surface area contributed by atoms with E-state index in [0.717, 1.165) is 6.26 Å². The Morgan fingerprint density at radius 3 is 2.43 bits per heavy atom. The van der Waals surface area contributed by atoms with Crippen LogP contribution in [0.2, 0.25) is 0 Å². The van der Waals surface area contributed by atoms with Crippen LogP contribution in [0.5, 0.6) is 0 Å². The number of rotatable bonds is 2. The molecule has 0 spiro atoms. The molecule has 1 aromatic heterocycles. The first-order chi connectivity index (χ1) is 6.79. The second-order valence-electron chi connectivity index (χ2n) is 2.80. The normalized spacial score (nSPS) is 10.1. The van der Waals surface area contributed by atoms with Gasteiger partial charge in [0.05, 0.1) is 11.8 Å². The number of carbonyl (C=O) groups is 1. The fourth-order valence-corrected chi connectivity index (χ4v) is 1.20. The number of hydrogen-bond donors (Lipinski definition) is 0. The molecule has 0 fully saturated rings. The Kier molecular flexibility index (Phi) is 2.14. The van der Waals surface area contributed by atoms with Crippen LogP contribution in [0.15, 0.2) is 47.1 Å². The minimum Gasteiger partial charge on any atom is -0.439 e. The van der Waals surface area contributed by atoms with Gasteiger partial charge in [-0.05, 0) is 6.07 Å². The summed E-state index contributed by atoms with van der Waals surface area (Å²) in [6.45, 7) is 0. The quantitative estimate of drug-likeness (QED) is 0.681. The van der Waals surface area contributed by atoms with E-state index in [4.69, 9.17) is 0 Å². The Labute approximate surface area is 80.0 Å². The molecule has 0 bridgehead atoms. The Morgan fingerprint density at radius 2 is 1.86 bits per heavy atom. The van der Waals surface area contributed by atoms with Gasteiger partial charge in [0.25, 0.3) is 6.01 Å². The van der Waals surface area contributed by atoms with Crippen LogP contribution in [0.25, 0.3) is 0 Å². The number of benzene rings is 1. The lowest BCUT2D eigenvalue weighted by atomic mass is 10.1. The van der Waals surface area contributed by atoms with Crippen LogP contribution in [0.4, 0.5) is 4.39 Å². The van der Waals surface area contributed by atoms with E-state index < -0.39 is 6.01 Å². The van der Waals surface area contributed by atoms with Gasteiger partial charge in [-0.3, -0.25) is 4.79 Å². The third-order valence-electron chi connectivity index (χ3n) is 1.90. The van der Waals surface area contributed by atoms with Crippen molar-refractivity contribution in [1.29, 1.82) is 0 Å². The Balaban J connectivity index is 2.39. The van der Waals surface area contributed by atoms with Crippen molar-refractivity contribution in [3.63, 3.8) is 0 Å². The summed E-state index contributed by atoms with van der Waals surface area (Å²) in [6, 6.07) is 9.01. The fourth-order valence-electron chi connectivity index (χ4n) is 1.20. The fraction of sp³-hybridized carbons (Fsp3) is 0. The summed E-state index contributed by atoms with van der Waals surface area (Å²) in [5.41, 5.74) is 0.420. The Morgan fingerprint density at radius 1 is 1.14 bits per heavy atom. The molecule has 0 radical (unpaired) electrons. The van der Waals surface area contributed by atoms with Crippen molar-refractivity contribution in [3.8, 4) is 0 Å². The lowest BCUT2D eigenvalue weighted by molar-refractivity contribution is 0.103. The molecule has 1 heterocycles.